The fourth-order valence-electron chi connectivity index (χ4n) is 3.92. The molecule has 6 nitrogen and oxygen atoms in total. The predicted octanol–water partition coefficient (Wildman–Crippen LogP) is 3.25. The minimum absolute atomic E-state index is 0.145. The van der Waals surface area contributed by atoms with Crippen molar-refractivity contribution >= 4 is 37.1 Å². The topological polar surface area (TPSA) is 74.8 Å². The van der Waals surface area contributed by atoms with Crippen molar-refractivity contribution in [1.29, 1.82) is 0 Å². The van der Waals surface area contributed by atoms with Crippen LogP contribution in [-0.4, -0.2) is 46.5 Å². The summed E-state index contributed by atoms with van der Waals surface area (Å²) in [5, 5.41) is 2.06. The van der Waals surface area contributed by atoms with Gasteiger partial charge in [0.2, 0.25) is 20.0 Å². The van der Waals surface area contributed by atoms with Gasteiger partial charge in [-0.15, -0.1) is 11.3 Å². The summed E-state index contributed by atoms with van der Waals surface area (Å²) in [6.07, 6.45) is 3.14. The number of rotatable bonds is 4. The summed E-state index contributed by atoms with van der Waals surface area (Å²) in [6.45, 7) is 1.46. The lowest BCUT2D eigenvalue weighted by Crippen LogP contribution is -2.38. The number of sulfonamides is 2. The monoisotopic (exact) mass is 440 g/mol. The van der Waals surface area contributed by atoms with Crippen molar-refractivity contribution in [3.63, 3.8) is 0 Å². The molecule has 0 bridgehead atoms. The van der Waals surface area contributed by atoms with Gasteiger partial charge in [0.1, 0.15) is 0 Å². The SMILES string of the molecule is O=S1(=O)CCCCN1c1ccc(S(=O)(=O)N2CCC(c3cccs3)CC2)cc1. The van der Waals surface area contributed by atoms with E-state index in [0.29, 0.717) is 37.7 Å². The molecule has 0 radical (unpaired) electrons. The molecule has 0 atom stereocenters. The van der Waals surface area contributed by atoms with Crippen LogP contribution in [0.1, 0.15) is 36.5 Å². The predicted molar refractivity (Wildman–Crippen MR) is 112 cm³/mol. The largest absolute Gasteiger partial charge is 0.270 e. The van der Waals surface area contributed by atoms with Gasteiger partial charge in [0.25, 0.3) is 0 Å². The lowest BCUT2D eigenvalue weighted by molar-refractivity contribution is 0.321. The highest BCUT2D eigenvalue weighted by Crippen LogP contribution is 2.33. The Morgan fingerprint density at radius 1 is 0.964 bits per heavy atom. The summed E-state index contributed by atoms with van der Waals surface area (Å²) >= 11 is 1.73. The molecule has 152 valence electrons. The van der Waals surface area contributed by atoms with Gasteiger partial charge in [0.05, 0.1) is 16.3 Å². The minimum Gasteiger partial charge on any atom is -0.270 e. The molecule has 28 heavy (non-hydrogen) atoms. The fraction of sp³-hybridized carbons (Fsp3) is 0.474. The molecule has 0 N–H and O–H groups in total. The lowest BCUT2D eigenvalue weighted by Gasteiger charge is -2.31. The van der Waals surface area contributed by atoms with E-state index in [4.69, 9.17) is 0 Å². The first-order chi connectivity index (χ1) is 13.4. The molecular formula is C19H24N2O4S3. The maximum Gasteiger partial charge on any atom is 0.243 e. The second-order valence-corrected chi connectivity index (χ2v) is 12.2. The Labute approximate surface area is 170 Å². The first kappa shape index (κ1) is 19.9. The Balaban J connectivity index is 1.48. The number of thiophene rings is 1. The van der Waals surface area contributed by atoms with Gasteiger partial charge in [0.15, 0.2) is 0 Å². The summed E-state index contributed by atoms with van der Waals surface area (Å²) in [6, 6.07) is 10.4. The molecule has 2 aliphatic heterocycles. The van der Waals surface area contributed by atoms with E-state index in [1.807, 2.05) is 6.07 Å². The minimum atomic E-state index is -3.56. The van der Waals surface area contributed by atoms with Crippen LogP contribution in [0.4, 0.5) is 5.69 Å². The van der Waals surface area contributed by atoms with Crippen LogP contribution in [0, 0.1) is 0 Å². The van der Waals surface area contributed by atoms with Crippen LogP contribution in [0.3, 0.4) is 0 Å². The molecule has 1 aromatic heterocycles. The fourth-order valence-corrected chi connectivity index (χ4v) is 7.93. The molecule has 1 aromatic carbocycles. The third-order valence-electron chi connectivity index (χ3n) is 5.51. The van der Waals surface area contributed by atoms with Crippen LogP contribution < -0.4 is 4.31 Å². The highest BCUT2D eigenvalue weighted by Gasteiger charge is 2.31. The summed E-state index contributed by atoms with van der Waals surface area (Å²) in [5.41, 5.74) is 0.537. The second kappa shape index (κ2) is 7.78. The molecule has 2 saturated heterocycles. The lowest BCUT2D eigenvalue weighted by atomic mass is 9.97. The van der Waals surface area contributed by atoms with Gasteiger partial charge in [-0.25, -0.2) is 16.8 Å². The molecule has 0 unspecified atom stereocenters. The number of anilines is 1. The highest BCUT2D eigenvalue weighted by atomic mass is 32.2. The molecule has 3 heterocycles. The van der Waals surface area contributed by atoms with Crippen molar-refractivity contribution in [3.05, 3.63) is 46.7 Å². The zero-order valence-corrected chi connectivity index (χ0v) is 18.0. The van der Waals surface area contributed by atoms with E-state index >= 15 is 0 Å². The van der Waals surface area contributed by atoms with Gasteiger partial charge >= 0.3 is 0 Å². The maximum absolute atomic E-state index is 13.0. The molecule has 2 aromatic rings. The van der Waals surface area contributed by atoms with Crippen molar-refractivity contribution in [3.8, 4) is 0 Å². The molecule has 2 aliphatic rings. The van der Waals surface area contributed by atoms with Crippen molar-refractivity contribution < 1.29 is 16.8 Å². The second-order valence-electron chi connectivity index (χ2n) is 7.28. The van der Waals surface area contributed by atoms with Gasteiger partial charge in [-0.2, -0.15) is 4.31 Å². The van der Waals surface area contributed by atoms with Crippen LogP contribution in [0.5, 0.6) is 0 Å². The molecule has 0 spiro atoms. The maximum atomic E-state index is 13.0. The van der Waals surface area contributed by atoms with E-state index in [-0.39, 0.29) is 10.6 Å². The first-order valence-electron chi connectivity index (χ1n) is 9.52. The smallest absolute Gasteiger partial charge is 0.243 e. The molecule has 9 heteroatoms. The third-order valence-corrected chi connectivity index (χ3v) is 10.3. The van der Waals surface area contributed by atoms with Crippen LogP contribution in [-0.2, 0) is 20.0 Å². The Kier molecular flexibility index (Phi) is 5.52. The molecule has 2 fully saturated rings. The van der Waals surface area contributed by atoms with Gasteiger partial charge < -0.3 is 0 Å². The molecule has 4 rings (SSSR count). The summed E-state index contributed by atoms with van der Waals surface area (Å²) in [7, 11) is -6.86. The average Bonchev–Trinajstić information content (AvgIpc) is 3.23. The molecule has 0 aliphatic carbocycles. The van der Waals surface area contributed by atoms with Crippen LogP contribution >= 0.6 is 11.3 Å². The van der Waals surface area contributed by atoms with E-state index in [2.05, 4.69) is 11.4 Å². The zero-order chi connectivity index (χ0) is 19.8. The van der Waals surface area contributed by atoms with E-state index in [9.17, 15) is 16.8 Å². The van der Waals surface area contributed by atoms with Crippen LogP contribution in [0.25, 0.3) is 0 Å². The standard InChI is InChI=1S/C19H24N2O4S3/c22-27(23)15-2-1-11-21(27)17-5-7-18(8-6-17)28(24,25)20-12-9-16(10-13-20)19-4-3-14-26-19/h3-8,14,16H,1-2,9-13,15H2. The quantitative estimate of drug-likeness (QED) is 0.731. The number of benzene rings is 1. The van der Waals surface area contributed by atoms with E-state index < -0.39 is 20.0 Å². The number of hydrogen-bond donors (Lipinski definition) is 0. The zero-order valence-electron chi connectivity index (χ0n) is 15.5. The Morgan fingerprint density at radius 2 is 1.68 bits per heavy atom. The van der Waals surface area contributed by atoms with Crippen molar-refractivity contribution in [2.75, 3.05) is 29.7 Å². The Hall–Kier alpha value is -1.42. The van der Waals surface area contributed by atoms with Crippen LogP contribution in [0.15, 0.2) is 46.7 Å². The van der Waals surface area contributed by atoms with E-state index in [0.717, 1.165) is 19.3 Å². The Morgan fingerprint density at radius 3 is 2.29 bits per heavy atom. The third kappa shape index (κ3) is 3.85. The van der Waals surface area contributed by atoms with Gasteiger partial charge in [-0.3, -0.25) is 4.31 Å². The van der Waals surface area contributed by atoms with Crippen molar-refractivity contribution in [1.82, 2.24) is 4.31 Å². The Bertz CT molecular complexity index is 1010. The summed E-state index contributed by atoms with van der Waals surface area (Å²) in [5.74, 6) is 0.574. The summed E-state index contributed by atoms with van der Waals surface area (Å²) < 4.78 is 53.4. The molecule has 0 saturated carbocycles. The molecule has 0 amide bonds. The van der Waals surface area contributed by atoms with Gasteiger partial charge in [0, 0.05) is 24.5 Å². The molecular weight excluding hydrogens is 416 g/mol. The first-order valence-corrected chi connectivity index (χ1v) is 13.4. The van der Waals surface area contributed by atoms with Gasteiger partial charge in [-0.05, 0) is 67.3 Å². The van der Waals surface area contributed by atoms with E-state index in [1.165, 1.54) is 21.3 Å². The van der Waals surface area contributed by atoms with Crippen molar-refractivity contribution in [2.24, 2.45) is 0 Å². The van der Waals surface area contributed by atoms with Crippen molar-refractivity contribution in [2.45, 2.75) is 36.5 Å². The van der Waals surface area contributed by atoms with E-state index in [1.54, 1.807) is 27.8 Å². The average molecular weight is 441 g/mol. The van der Waals surface area contributed by atoms with Crippen LogP contribution in [0.2, 0.25) is 0 Å². The highest BCUT2D eigenvalue weighted by molar-refractivity contribution is 7.92. The number of hydrogen-bond acceptors (Lipinski definition) is 5. The normalized spacial score (nSPS) is 21.6. The number of piperidine rings is 1. The number of nitrogens with zero attached hydrogens (tertiary/aromatic N) is 2. The van der Waals surface area contributed by atoms with Gasteiger partial charge in [-0.1, -0.05) is 6.07 Å². The summed E-state index contributed by atoms with van der Waals surface area (Å²) in [4.78, 5) is 1.55.